The van der Waals surface area contributed by atoms with E-state index in [0.717, 1.165) is 21.7 Å². The molecule has 3 rings (SSSR count). The lowest BCUT2D eigenvalue weighted by Crippen LogP contribution is -1.77. The van der Waals surface area contributed by atoms with E-state index in [1.165, 1.54) is 0 Å². The van der Waals surface area contributed by atoms with Crippen molar-refractivity contribution in [1.29, 1.82) is 0 Å². The molecule has 15 heavy (non-hydrogen) atoms. The van der Waals surface area contributed by atoms with Gasteiger partial charge in [0.05, 0.1) is 17.0 Å². The first kappa shape index (κ1) is 8.17. The van der Waals surface area contributed by atoms with Gasteiger partial charge < -0.3 is 13.8 Å². The summed E-state index contributed by atoms with van der Waals surface area (Å²) < 4.78 is 11.0. The molecule has 0 fully saturated rings. The van der Waals surface area contributed by atoms with Gasteiger partial charge in [-0.1, -0.05) is 12.1 Å². The van der Waals surface area contributed by atoms with Crippen LogP contribution in [0.25, 0.3) is 11.0 Å². The Bertz CT molecular complexity index is 688. The largest absolute Gasteiger partial charge is 0.464 e. The Hall–Kier alpha value is -2.16. The number of H-pyrrole nitrogens is 1. The van der Waals surface area contributed by atoms with Gasteiger partial charge in [-0.3, -0.25) is 0 Å². The summed E-state index contributed by atoms with van der Waals surface area (Å²) in [6.07, 6.45) is 5.02. The third-order valence-corrected chi connectivity index (χ3v) is 2.30. The van der Waals surface area contributed by atoms with Crippen LogP contribution in [0.3, 0.4) is 0 Å². The molecule has 0 amide bonds. The fourth-order valence-corrected chi connectivity index (χ4v) is 1.62. The molecule has 1 aromatic rings. The standard InChI is InChI=1S/C12H9NO2/c1-2-4-11-9(3-1)12-10(5-7-14-11)13-6-8-15-12/h1-8,13H. The molecule has 0 aromatic heterocycles. The summed E-state index contributed by atoms with van der Waals surface area (Å²) in [6, 6.07) is 9.62. The number of para-hydroxylation sites is 1. The van der Waals surface area contributed by atoms with E-state index in [9.17, 15) is 0 Å². The number of fused-ring (bicyclic) bond motifs is 2. The van der Waals surface area contributed by atoms with Gasteiger partial charge >= 0.3 is 0 Å². The molecule has 0 aliphatic carbocycles. The minimum Gasteiger partial charge on any atom is -0.464 e. The SMILES string of the molecule is c1ccc2c3occ[nH]c=3ccoc2c1. The molecule has 0 bridgehead atoms. The minimum atomic E-state index is 0.793. The Labute approximate surface area is 85.3 Å². The monoisotopic (exact) mass is 199 g/mol. The normalized spacial score (nSPS) is 10.7. The number of aromatic nitrogens is 1. The van der Waals surface area contributed by atoms with Gasteiger partial charge in [0.1, 0.15) is 11.8 Å². The summed E-state index contributed by atoms with van der Waals surface area (Å²) in [4.78, 5) is 3.11. The average molecular weight is 199 g/mol. The van der Waals surface area contributed by atoms with Crippen molar-refractivity contribution >= 4 is 11.0 Å². The zero-order valence-electron chi connectivity index (χ0n) is 7.94. The molecule has 1 N–H and O–H groups in total. The van der Waals surface area contributed by atoms with Crippen molar-refractivity contribution in [3.63, 3.8) is 0 Å². The molecule has 1 aromatic carbocycles. The van der Waals surface area contributed by atoms with E-state index < -0.39 is 0 Å². The molecule has 74 valence electrons. The van der Waals surface area contributed by atoms with Crippen LogP contribution in [0.4, 0.5) is 0 Å². The highest BCUT2D eigenvalue weighted by molar-refractivity contribution is 5.75. The van der Waals surface area contributed by atoms with Crippen LogP contribution >= 0.6 is 0 Å². The van der Waals surface area contributed by atoms with E-state index in [4.69, 9.17) is 8.83 Å². The van der Waals surface area contributed by atoms with Crippen molar-refractivity contribution < 1.29 is 8.83 Å². The van der Waals surface area contributed by atoms with E-state index in [1.54, 1.807) is 18.7 Å². The predicted molar refractivity (Wildman–Crippen MR) is 55.8 cm³/mol. The fourth-order valence-electron chi connectivity index (χ4n) is 1.62. The molecule has 3 nitrogen and oxygen atoms in total. The third kappa shape index (κ3) is 1.29. The topological polar surface area (TPSA) is 42.1 Å². The van der Waals surface area contributed by atoms with Gasteiger partial charge in [0.15, 0.2) is 5.42 Å². The third-order valence-electron chi connectivity index (χ3n) is 2.30. The van der Waals surface area contributed by atoms with Crippen LogP contribution in [0.5, 0.6) is 0 Å². The number of aromatic amines is 1. The van der Waals surface area contributed by atoms with Crippen LogP contribution in [-0.4, -0.2) is 4.98 Å². The van der Waals surface area contributed by atoms with Crippen molar-refractivity contribution in [1.82, 2.24) is 4.98 Å². The molecule has 2 heterocycles. The Morgan fingerprint density at radius 2 is 1.87 bits per heavy atom. The van der Waals surface area contributed by atoms with E-state index in [-0.39, 0.29) is 0 Å². The van der Waals surface area contributed by atoms with Gasteiger partial charge in [-0.2, -0.15) is 0 Å². The summed E-state index contributed by atoms with van der Waals surface area (Å²) in [7, 11) is 0. The molecular formula is C12H9NO2. The zero-order valence-corrected chi connectivity index (χ0v) is 7.94. The second-order valence-corrected chi connectivity index (χ2v) is 3.22. The van der Waals surface area contributed by atoms with Crippen molar-refractivity contribution in [2.24, 2.45) is 0 Å². The number of hydrogen-bond donors (Lipinski definition) is 1. The Morgan fingerprint density at radius 1 is 0.933 bits per heavy atom. The van der Waals surface area contributed by atoms with E-state index in [2.05, 4.69) is 4.98 Å². The quantitative estimate of drug-likeness (QED) is 0.604. The highest BCUT2D eigenvalue weighted by Crippen LogP contribution is 2.14. The number of nitrogens with one attached hydrogen (secondary N) is 1. The van der Waals surface area contributed by atoms with Gasteiger partial charge in [0, 0.05) is 12.3 Å². The van der Waals surface area contributed by atoms with E-state index >= 15 is 0 Å². The molecular weight excluding hydrogens is 190 g/mol. The maximum absolute atomic E-state index is 5.49. The van der Waals surface area contributed by atoms with Crippen molar-refractivity contribution in [3.05, 3.63) is 59.8 Å². The van der Waals surface area contributed by atoms with Crippen LogP contribution in [-0.2, 0) is 0 Å². The summed E-state index contributed by atoms with van der Waals surface area (Å²) in [5.41, 5.74) is 1.60. The van der Waals surface area contributed by atoms with Crippen LogP contribution in [0, 0.1) is 10.8 Å². The summed E-state index contributed by atoms with van der Waals surface area (Å²) >= 11 is 0. The molecule has 0 saturated carbocycles. The summed E-state index contributed by atoms with van der Waals surface area (Å²) in [6.45, 7) is 0. The zero-order chi connectivity index (χ0) is 10.1. The maximum atomic E-state index is 5.49. The predicted octanol–water partition coefficient (Wildman–Crippen LogP) is 3.20. The highest BCUT2D eigenvalue weighted by Gasteiger charge is 1.97. The Balaban J connectivity index is 2.73. The van der Waals surface area contributed by atoms with Crippen molar-refractivity contribution in [2.45, 2.75) is 0 Å². The lowest BCUT2D eigenvalue weighted by molar-refractivity contribution is 0.516. The number of hydrogen-bond acceptors (Lipinski definition) is 2. The molecule has 0 atom stereocenters. The second kappa shape index (κ2) is 3.20. The number of rotatable bonds is 0. The Kier molecular flexibility index (Phi) is 1.75. The molecule has 2 aliphatic heterocycles. The van der Waals surface area contributed by atoms with Gasteiger partial charge in [0.25, 0.3) is 0 Å². The molecule has 0 radical (unpaired) electrons. The molecule has 3 heteroatoms. The fraction of sp³-hybridized carbons (Fsp3) is 0. The summed E-state index contributed by atoms with van der Waals surface area (Å²) in [5, 5.41) is 1.86. The van der Waals surface area contributed by atoms with E-state index in [0.29, 0.717) is 0 Å². The van der Waals surface area contributed by atoms with E-state index in [1.807, 2.05) is 30.3 Å². The van der Waals surface area contributed by atoms with Crippen molar-refractivity contribution in [2.75, 3.05) is 0 Å². The summed E-state index contributed by atoms with van der Waals surface area (Å²) in [5.74, 6) is 0. The van der Waals surface area contributed by atoms with Gasteiger partial charge in [-0.05, 0) is 12.1 Å². The average Bonchev–Trinajstić information content (AvgIpc) is 2.48. The number of benzene rings is 1. The van der Waals surface area contributed by atoms with Gasteiger partial charge in [0.2, 0.25) is 0 Å². The highest BCUT2D eigenvalue weighted by atomic mass is 16.3. The smallest absolute Gasteiger partial charge is 0.161 e. The second-order valence-electron chi connectivity index (χ2n) is 3.22. The first-order chi connectivity index (χ1) is 7.45. The van der Waals surface area contributed by atoms with Gasteiger partial charge in [-0.25, -0.2) is 0 Å². The molecule has 0 unspecified atom stereocenters. The molecule has 0 spiro atoms. The maximum Gasteiger partial charge on any atom is 0.161 e. The lowest BCUT2D eigenvalue weighted by atomic mass is 10.2. The van der Waals surface area contributed by atoms with Crippen molar-refractivity contribution in [3.8, 4) is 0 Å². The van der Waals surface area contributed by atoms with Crippen LogP contribution in [0.1, 0.15) is 0 Å². The minimum absolute atomic E-state index is 0.793. The molecule has 0 saturated heterocycles. The van der Waals surface area contributed by atoms with Gasteiger partial charge in [-0.15, -0.1) is 0 Å². The van der Waals surface area contributed by atoms with Crippen LogP contribution in [0.15, 0.2) is 57.9 Å². The lowest BCUT2D eigenvalue weighted by Gasteiger charge is -1.92. The molecule has 2 aliphatic rings. The van der Waals surface area contributed by atoms with Crippen LogP contribution in [0.2, 0.25) is 0 Å². The first-order valence-corrected chi connectivity index (χ1v) is 4.70. The van der Waals surface area contributed by atoms with Crippen LogP contribution < -0.4 is 0 Å². The first-order valence-electron chi connectivity index (χ1n) is 4.70. The Morgan fingerprint density at radius 3 is 2.87 bits per heavy atom.